The quantitative estimate of drug-likeness (QED) is 0.600. The zero-order chi connectivity index (χ0) is 8.27. The Morgan fingerprint density at radius 2 is 2.36 bits per heavy atom. The van der Waals surface area contributed by atoms with Crippen molar-refractivity contribution in [1.29, 1.82) is 0 Å². The topological polar surface area (TPSA) is 66.0 Å². The van der Waals surface area contributed by atoms with Crippen molar-refractivity contribution >= 4 is 0 Å². The second-order valence-corrected chi connectivity index (χ2v) is 2.00. The fourth-order valence-electron chi connectivity index (χ4n) is 0.714. The first-order valence-electron chi connectivity index (χ1n) is 3.12. The van der Waals surface area contributed by atoms with Gasteiger partial charge in [-0.15, -0.1) is 0 Å². The van der Waals surface area contributed by atoms with Gasteiger partial charge in [-0.05, 0) is 0 Å². The van der Waals surface area contributed by atoms with Gasteiger partial charge in [-0.2, -0.15) is 0 Å². The highest BCUT2D eigenvalue weighted by Crippen LogP contribution is 2.02. The van der Waals surface area contributed by atoms with E-state index in [1.807, 2.05) is 0 Å². The number of aliphatic hydroxyl groups excluding tert-OH is 1. The molecule has 0 aliphatic heterocycles. The van der Waals surface area contributed by atoms with E-state index in [0.29, 0.717) is 11.1 Å². The van der Waals surface area contributed by atoms with Crippen molar-refractivity contribution < 1.29 is 14.6 Å². The van der Waals surface area contributed by atoms with E-state index in [1.54, 1.807) is 7.05 Å². The van der Waals surface area contributed by atoms with Crippen LogP contribution in [0.4, 0.5) is 0 Å². The predicted molar refractivity (Wildman–Crippen MR) is 37.8 cm³/mol. The molecule has 4 nitrogen and oxygen atoms in total. The third kappa shape index (κ3) is 1.59. The van der Waals surface area contributed by atoms with Crippen LogP contribution in [0.3, 0.4) is 0 Å². The lowest BCUT2D eigenvalue weighted by molar-refractivity contribution is 0.241. The Labute approximate surface area is 63.4 Å². The number of aliphatic hydroxyl groups is 1. The number of nitrogens with zero attached hydrogens (tertiary/aromatic N) is 1. The van der Waals surface area contributed by atoms with Gasteiger partial charge in [-0.3, -0.25) is 4.99 Å². The molecule has 0 saturated carbocycles. The second kappa shape index (κ2) is 3.21. The van der Waals surface area contributed by atoms with Crippen LogP contribution >= 0.6 is 0 Å². The van der Waals surface area contributed by atoms with Crippen molar-refractivity contribution in [2.24, 2.45) is 4.99 Å². The van der Waals surface area contributed by atoms with Gasteiger partial charge in [0.1, 0.15) is 24.0 Å². The molecular weight excluding hydrogens is 146 g/mol. The number of hydrogen-bond acceptors (Lipinski definition) is 4. The summed E-state index contributed by atoms with van der Waals surface area (Å²) in [6.45, 7) is -0.192. The molecule has 4 heteroatoms. The molecule has 0 atom stereocenters. The summed E-state index contributed by atoms with van der Waals surface area (Å²) < 4.78 is 4.79. The molecule has 1 rings (SSSR count). The van der Waals surface area contributed by atoms with E-state index >= 15 is 0 Å². The first-order chi connectivity index (χ1) is 5.27. The Hall–Kier alpha value is -1.29. The Morgan fingerprint density at radius 3 is 2.91 bits per heavy atom. The zero-order valence-electron chi connectivity index (χ0n) is 6.11. The van der Waals surface area contributed by atoms with Crippen LogP contribution in [-0.4, -0.2) is 17.3 Å². The van der Waals surface area contributed by atoms with Crippen molar-refractivity contribution in [3.8, 4) is 5.75 Å². The molecule has 11 heavy (non-hydrogen) atoms. The molecule has 1 heterocycles. The summed E-state index contributed by atoms with van der Waals surface area (Å²) in [6.07, 6.45) is 1.15. The highest BCUT2D eigenvalue weighted by Gasteiger charge is 1.96. The highest BCUT2D eigenvalue weighted by atomic mass is 16.4. The maximum atomic E-state index is 9.06. The molecule has 0 aromatic carbocycles. The van der Waals surface area contributed by atoms with Crippen molar-refractivity contribution in [3.05, 3.63) is 23.4 Å². The minimum absolute atomic E-state index is 0.0234. The van der Waals surface area contributed by atoms with E-state index in [2.05, 4.69) is 4.99 Å². The van der Waals surface area contributed by atoms with Crippen LogP contribution in [-0.2, 0) is 6.61 Å². The predicted octanol–water partition coefficient (Wildman–Crippen LogP) is 0.00800. The van der Waals surface area contributed by atoms with Crippen LogP contribution in [0.15, 0.2) is 21.7 Å². The van der Waals surface area contributed by atoms with Crippen LogP contribution in [0.25, 0.3) is 0 Å². The summed E-state index contributed by atoms with van der Waals surface area (Å²) in [4.78, 5) is 3.76. The first kappa shape index (κ1) is 7.81. The van der Waals surface area contributed by atoms with E-state index in [0.717, 1.165) is 6.26 Å². The standard InChI is InChI=1S/C7H9NO3/c1-8-6-2-5(3-9)11-4-7(6)10/h2,4,9-10H,3H2,1H3. The van der Waals surface area contributed by atoms with E-state index in [4.69, 9.17) is 14.6 Å². The maximum absolute atomic E-state index is 9.06. The highest BCUT2D eigenvalue weighted by molar-refractivity contribution is 5.14. The van der Waals surface area contributed by atoms with Crippen LogP contribution in [0.5, 0.6) is 5.75 Å². The van der Waals surface area contributed by atoms with E-state index in [1.165, 1.54) is 6.07 Å². The molecule has 0 saturated heterocycles. The van der Waals surface area contributed by atoms with E-state index in [-0.39, 0.29) is 12.4 Å². The van der Waals surface area contributed by atoms with Gasteiger partial charge in [0.2, 0.25) is 0 Å². The van der Waals surface area contributed by atoms with Gasteiger partial charge in [0.05, 0.1) is 0 Å². The average molecular weight is 155 g/mol. The second-order valence-electron chi connectivity index (χ2n) is 2.00. The molecule has 0 fully saturated rings. The largest absolute Gasteiger partial charge is 0.503 e. The van der Waals surface area contributed by atoms with Crippen LogP contribution in [0.1, 0.15) is 5.76 Å². The third-order valence-corrected chi connectivity index (χ3v) is 1.28. The molecule has 0 spiro atoms. The summed E-state index contributed by atoms with van der Waals surface area (Å²) in [6, 6.07) is 1.48. The SMILES string of the molecule is CN=c1cc(CO)occ1O. The van der Waals surface area contributed by atoms with Crippen LogP contribution in [0.2, 0.25) is 0 Å². The summed E-state index contributed by atoms with van der Waals surface area (Å²) in [5.41, 5.74) is 0. The van der Waals surface area contributed by atoms with Gasteiger partial charge in [-0.25, -0.2) is 0 Å². The van der Waals surface area contributed by atoms with Crippen molar-refractivity contribution in [3.63, 3.8) is 0 Å². The van der Waals surface area contributed by atoms with Gasteiger partial charge >= 0.3 is 0 Å². The van der Waals surface area contributed by atoms with Crippen molar-refractivity contribution in [1.82, 2.24) is 0 Å². The Bertz CT molecular complexity index is 303. The van der Waals surface area contributed by atoms with Gasteiger partial charge in [0.15, 0.2) is 5.75 Å². The van der Waals surface area contributed by atoms with Gasteiger partial charge in [0, 0.05) is 13.1 Å². The fraction of sp³-hybridized carbons (Fsp3) is 0.286. The number of rotatable bonds is 1. The summed E-state index contributed by atoms with van der Waals surface area (Å²) in [7, 11) is 1.55. The summed E-state index contributed by atoms with van der Waals surface area (Å²) >= 11 is 0. The van der Waals surface area contributed by atoms with Gasteiger partial charge < -0.3 is 14.6 Å². The minimum Gasteiger partial charge on any atom is -0.503 e. The van der Waals surface area contributed by atoms with Crippen LogP contribution in [0, 0.1) is 0 Å². The lowest BCUT2D eigenvalue weighted by Crippen LogP contribution is -2.02. The molecule has 2 N–H and O–H groups in total. The Balaban J connectivity index is 3.24. The molecule has 1 aromatic rings. The Kier molecular flexibility index (Phi) is 2.28. The van der Waals surface area contributed by atoms with Crippen molar-refractivity contribution in [2.45, 2.75) is 6.61 Å². The number of hydrogen-bond donors (Lipinski definition) is 2. The normalized spacial score (nSPS) is 12.0. The maximum Gasteiger partial charge on any atom is 0.176 e. The molecule has 0 aliphatic carbocycles. The minimum atomic E-state index is -0.192. The lowest BCUT2D eigenvalue weighted by Gasteiger charge is -1.95. The summed E-state index contributed by atoms with van der Waals surface area (Å²) in [5, 5.41) is 18.1. The van der Waals surface area contributed by atoms with Crippen molar-refractivity contribution in [2.75, 3.05) is 7.05 Å². The van der Waals surface area contributed by atoms with Gasteiger partial charge in [0.25, 0.3) is 0 Å². The summed E-state index contributed by atoms with van der Waals surface area (Å²) in [5.74, 6) is 0.355. The van der Waals surface area contributed by atoms with Crippen LogP contribution < -0.4 is 5.36 Å². The molecule has 0 amide bonds. The molecular formula is C7H9NO3. The smallest absolute Gasteiger partial charge is 0.176 e. The third-order valence-electron chi connectivity index (χ3n) is 1.28. The lowest BCUT2D eigenvalue weighted by atomic mass is 10.4. The first-order valence-corrected chi connectivity index (χ1v) is 3.12. The fourth-order valence-corrected chi connectivity index (χ4v) is 0.714. The van der Waals surface area contributed by atoms with E-state index < -0.39 is 0 Å². The van der Waals surface area contributed by atoms with E-state index in [9.17, 15) is 0 Å². The molecule has 0 aliphatic rings. The zero-order valence-corrected chi connectivity index (χ0v) is 6.11. The molecule has 60 valence electrons. The number of aromatic hydroxyl groups is 1. The molecule has 0 radical (unpaired) electrons. The Morgan fingerprint density at radius 1 is 1.64 bits per heavy atom. The molecule has 0 unspecified atom stereocenters. The molecule has 0 bridgehead atoms. The molecule has 1 aromatic heterocycles. The monoisotopic (exact) mass is 155 g/mol. The van der Waals surface area contributed by atoms with Gasteiger partial charge in [-0.1, -0.05) is 0 Å². The average Bonchev–Trinajstić information content (AvgIpc) is 2.05.